The van der Waals surface area contributed by atoms with Crippen LogP contribution in [0.2, 0.25) is 0 Å². The Morgan fingerprint density at radius 3 is 1.48 bits per heavy atom. The molecule has 0 spiro atoms. The largest absolute Gasteiger partial charge is 1.00 e. The number of hydrogen-bond acceptors (Lipinski definition) is 12. The number of carbonyl (C=O) groups is 2. The van der Waals surface area contributed by atoms with Gasteiger partial charge < -0.3 is 33.6 Å². The summed E-state index contributed by atoms with van der Waals surface area (Å²) in [7, 11) is -3.76. The van der Waals surface area contributed by atoms with Crippen molar-refractivity contribution in [2.45, 2.75) is 67.6 Å². The SMILES string of the molecule is CC(C)(C)OC(=O)N1CCN(c2cccc3n[nH]c(I)c23)CC1.CC(C)(C)OC(=O)N1CCN(c2cccc3n[nH]c(S(=O)(=O)c4ccccc4)c23)CC1.O=S([O-])c1ccccc1.[Cu][I].[Na+]. The Bertz CT molecular complexity index is 2650. The van der Waals surface area contributed by atoms with E-state index in [0.29, 0.717) is 55.1 Å². The summed E-state index contributed by atoms with van der Waals surface area (Å²) in [6.45, 7) is 16.2. The van der Waals surface area contributed by atoms with Crippen molar-refractivity contribution in [2.75, 3.05) is 62.2 Å². The van der Waals surface area contributed by atoms with E-state index in [2.05, 4.69) is 71.6 Å². The third-order valence-corrected chi connectivity index (χ3v) is 13.0. The molecular weight excluding hydrogens is 1170 g/mol. The standard InChI is InChI=1S/C22H26N4O4S.C16H21IN4O2.C6H6O2S.Cu.HI.Na/c1-22(2,3)30-21(27)26-14-12-25(13-15-26)18-11-7-10-17-19(18)20(24-23-17)31(28,29)16-8-5-4-6-9-16;1-16(2,3)23-15(22)21-9-7-20(8-10-21)12-6-4-5-11-13(12)14(17)19-18-11;7-9(8)6-4-2-1-3-5-6;;;/h4-11H,12-15H2,1-3H3,(H,23,24);4-6H,7-10H2,1-3H3,(H,18,19);1-5H,(H,7,8);;1H;/q;;;+1;;+1/p-2. The minimum Gasteiger partial charge on any atom is 1.00 e. The van der Waals surface area contributed by atoms with E-state index in [1.54, 1.807) is 96.9 Å². The molecule has 4 aromatic carbocycles. The molecule has 2 fully saturated rings. The van der Waals surface area contributed by atoms with E-state index in [1.165, 1.54) is 5.69 Å². The molecule has 2 aliphatic rings. The van der Waals surface area contributed by atoms with Gasteiger partial charge in [-0.3, -0.25) is 14.4 Å². The van der Waals surface area contributed by atoms with Crippen LogP contribution in [-0.2, 0) is 43.2 Å². The molecule has 0 bridgehead atoms. The number of benzene rings is 4. The van der Waals surface area contributed by atoms with Gasteiger partial charge in [-0.1, -0.05) is 48.5 Å². The van der Waals surface area contributed by atoms with E-state index < -0.39 is 32.1 Å². The van der Waals surface area contributed by atoms with Crippen LogP contribution in [0.4, 0.5) is 21.0 Å². The number of amides is 2. The average molecular weight is 1230 g/mol. The number of aromatic nitrogens is 4. The maximum atomic E-state index is 13.3. The molecule has 66 heavy (non-hydrogen) atoms. The number of halogens is 2. The molecule has 1 atom stereocenters. The molecule has 0 aliphatic carbocycles. The molecule has 0 radical (unpaired) electrons. The Morgan fingerprint density at radius 1 is 0.652 bits per heavy atom. The van der Waals surface area contributed by atoms with E-state index in [9.17, 15) is 26.8 Å². The first-order chi connectivity index (χ1) is 30.8. The summed E-state index contributed by atoms with van der Waals surface area (Å²) in [4.78, 5) is 32.9. The van der Waals surface area contributed by atoms with Gasteiger partial charge in [-0.15, -0.1) is 0 Å². The summed E-state index contributed by atoms with van der Waals surface area (Å²) in [6, 6.07) is 28.2. The molecule has 0 saturated carbocycles. The van der Waals surface area contributed by atoms with Crippen molar-refractivity contribution >= 4 is 109 Å². The summed E-state index contributed by atoms with van der Waals surface area (Å²) in [5, 5.41) is 16.1. The Labute approximate surface area is 443 Å². The number of nitrogens with zero attached hydrogens (tertiary/aromatic N) is 6. The normalized spacial score (nSPS) is 14.7. The fraction of sp³-hybridized carbons (Fsp3) is 0.364. The second kappa shape index (κ2) is 25.0. The first-order valence-corrected chi connectivity index (χ1v) is 27.1. The summed E-state index contributed by atoms with van der Waals surface area (Å²) in [6.07, 6.45) is -0.561. The van der Waals surface area contributed by atoms with Crippen LogP contribution < -0.4 is 39.4 Å². The van der Waals surface area contributed by atoms with Gasteiger partial charge in [0.1, 0.15) is 14.9 Å². The van der Waals surface area contributed by atoms with Gasteiger partial charge >= 0.3 is 74.9 Å². The van der Waals surface area contributed by atoms with Crippen LogP contribution in [0.15, 0.2) is 112 Å². The van der Waals surface area contributed by atoms with Crippen LogP contribution in [-0.4, -0.2) is 123 Å². The molecule has 2 N–H and O–H groups in total. The van der Waals surface area contributed by atoms with Crippen molar-refractivity contribution < 1.29 is 78.6 Å². The molecule has 4 heterocycles. The van der Waals surface area contributed by atoms with E-state index >= 15 is 0 Å². The van der Waals surface area contributed by atoms with Gasteiger partial charge in [0.15, 0.2) is 5.03 Å². The predicted molar refractivity (Wildman–Crippen MR) is 264 cm³/mol. The van der Waals surface area contributed by atoms with E-state index in [1.807, 2.05) is 65.8 Å². The molecule has 2 aromatic heterocycles. The summed E-state index contributed by atoms with van der Waals surface area (Å²) in [5.41, 5.74) is 2.52. The second-order valence-corrected chi connectivity index (χ2v) is 20.6. The molecule has 22 heteroatoms. The fourth-order valence-corrected chi connectivity index (χ4v) is 9.36. The van der Waals surface area contributed by atoms with Crippen LogP contribution in [0.1, 0.15) is 41.5 Å². The van der Waals surface area contributed by atoms with Crippen LogP contribution in [0, 0.1) is 3.70 Å². The van der Waals surface area contributed by atoms with E-state index in [0.717, 1.165) is 33.4 Å². The van der Waals surface area contributed by atoms with Crippen molar-refractivity contribution in [2.24, 2.45) is 0 Å². The number of carbonyl (C=O) groups excluding carboxylic acids is 2. The van der Waals surface area contributed by atoms with Crippen LogP contribution in [0.3, 0.4) is 0 Å². The third kappa shape index (κ3) is 15.0. The number of anilines is 2. The van der Waals surface area contributed by atoms with Crippen molar-refractivity contribution in [3.63, 3.8) is 0 Å². The zero-order valence-corrected chi connectivity index (χ0v) is 46.6. The van der Waals surface area contributed by atoms with Gasteiger partial charge in [-0.05, 0) is 124 Å². The number of piperazine rings is 2. The topological polar surface area (TPSA) is 197 Å². The Morgan fingerprint density at radius 2 is 1.06 bits per heavy atom. The fourth-order valence-electron chi connectivity index (χ4n) is 6.92. The van der Waals surface area contributed by atoms with Gasteiger partial charge in [0.05, 0.1) is 26.7 Å². The number of hydrogen-bond donors (Lipinski definition) is 2. The predicted octanol–water partition coefficient (Wildman–Crippen LogP) is 5.49. The Hall–Kier alpha value is -3.00. The molecule has 354 valence electrons. The number of sulfone groups is 1. The average Bonchev–Trinajstić information content (AvgIpc) is 3.91. The van der Waals surface area contributed by atoms with Gasteiger partial charge in [0.2, 0.25) is 9.84 Å². The van der Waals surface area contributed by atoms with Crippen molar-refractivity contribution in [1.82, 2.24) is 30.2 Å². The maximum absolute atomic E-state index is 13.3. The number of aromatic amines is 2. The van der Waals surface area contributed by atoms with Crippen molar-refractivity contribution in [1.29, 1.82) is 0 Å². The van der Waals surface area contributed by atoms with Crippen molar-refractivity contribution in [3.8, 4) is 0 Å². The maximum Gasteiger partial charge on any atom is 1.00 e. The van der Waals surface area contributed by atoms with Crippen LogP contribution >= 0.6 is 42.9 Å². The number of rotatable bonds is 5. The molecule has 16 nitrogen and oxygen atoms in total. The van der Waals surface area contributed by atoms with Gasteiger partial charge in [0.25, 0.3) is 0 Å². The minimum absolute atomic E-state index is 0. The van der Waals surface area contributed by atoms with Gasteiger partial charge in [0, 0.05) is 68.6 Å². The van der Waals surface area contributed by atoms with Crippen LogP contribution in [0.5, 0.6) is 0 Å². The molecule has 1 unspecified atom stereocenters. The zero-order chi connectivity index (χ0) is 47.5. The monoisotopic (exact) mass is 1220 g/mol. The number of ether oxygens (including phenoxy) is 2. The number of fused-ring (bicyclic) bond motifs is 2. The molecule has 2 amide bonds. The summed E-state index contributed by atoms with van der Waals surface area (Å²) < 4.78 is 58.9. The Kier molecular flexibility index (Phi) is 21.1. The minimum atomic E-state index is -3.76. The number of H-pyrrole nitrogens is 2. The molecule has 2 saturated heterocycles. The smallest absolute Gasteiger partial charge is 1.00 e. The zero-order valence-electron chi connectivity index (χ0n) is 37.7. The first kappa shape index (κ1) is 55.6. The van der Waals surface area contributed by atoms with E-state index in [-0.39, 0.29) is 51.7 Å². The molecule has 2 aliphatic heterocycles. The summed E-state index contributed by atoms with van der Waals surface area (Å²) in [5.74, 6) is 0. The molecule has 8 rings (SSSR count). The van der Waals surface area contributed by atoms with Gasteiger partial charge in [-0.2, -0.15) is 10.2 Å². The first-order valence-electron chi connectivity index (χ1n) is 20.4. The Balaban J connectivity index is 0.000000238. The molecule has 6 aromatic rings. The van der Waals surface area contributed by atoms with Crippen molar-refractivity contribution in [3.05, 3.63) is 101 Å². The van der Waals surface area contributed by atoms with E-state index in [4.69, 9.17) is 9.47 Å². The van der Waals surface area contributed by atoms with Crippen LogP contribution in [0.25, 0.3) is 21.8 Å². The summed E-state index contributed by atoms with van der Waals surface area (Å²) >= 11 is 6.07. The molecular formula is C44H52CuI2N8NaO8S2. The van der Waals surface area contributed by atoms with Gasteiger partial charge in [-0.25, -0.2) is 18.0 Å². The third-order valence-electron chi connectivity index (χ3n) is 9.84. The second-order valence-electron chi connectivity index (χ2n) is 16.7. The quantitative estimate of drug-likeness (QED) is 0.125. The number of nitrogens with one attached hydrogen (secondary N) is 2.